The van der Waals surface area contributed by atoms with Gasteiger partial charge >= 0.3 is 11.9 Å². The van der Waals surface area contributed by atoms with Gasteiger partial charge in [0.05, 0.1) is 14.2 Å². The second-order valence-corrected chi connectivity index (χ2v) is 15.2. The summed E-state index contributed by atoms with van der Waals surface area (Å²) in [6.45, 7) is 7.18. The molecule has 14 nitrogen and oxygen atoms in total. The van der Waals surface area contributed by atoms with Crippen molar-refractivity contribution in [3.05, 3.63) is 89.5 Å². The average Bonchev–Trinajstić information content (AvgIpc) is 3.21. The van der Waals surface area contributed by atoms with Crippen molar-refractivity contribution in [3.8, 4) is 17.2 Å². The van der Waals surface area contributed by atoms with Gasteiger partial charge in [0.25, 0.3) is 5.91 Å². The summed E-state index contributed by atoms with van der Waals surface area (Å²) >= 11 is 0. The van der Waals surface area contributed by atoms with E-state index in [1.165, 1.54) is 55.3 Å². The zero-order valence-corrected chi connectivity index (χ0v) is 35.3. The Labute approximate surface area is 342 Å². The first-order valence-corrected chi connectivity index (χ1v) is 19.4. The second-order valence-electron chi connectivity index (χ2n) is 15.2. The average molecular weight is 805 g/mol. The second kappa shape index (κ2) is 21.8. The van der Waals surface area contributed by atoms with E-state index in [9.17, 15) is 34.2 Å². The molecule has 316 valence electrons. The lowest BCUT2D eigenvalue weighted by Gasteiger charge is -2.36. The molecule has 58 heavy (non-hydrogen) atoms. The number of rotatable bonds is 20. The molecule has 0 spiro atoms. The number of phenolic OH excluding ortho intramolecular Hbond substituents is 2. The summed E-state index contributed by atoms with van der Waals surface area (Å²) in [5.41, 5.74) is 2.15. The fourth-order valence-corrected chi connectivity index (χ4v) is 6.43. The van der Waals surface area contributed by atoms with Crippen LogP contribution in [-0.4, -0.2) is 127 Å². The van der Waals surface area contributed by atoms with Crippen molar-refractivity contribution in [2.75, 3.05) is 42.4 Å². The number of amides is 3. The summed E-state index contributed by atoms with van der Waals surface area (Å²) in [6.07, 6.45) is -0.341. The monoisotopic (exact) mass is 804 g/mol. The van der Waals surface area contributed by atoms with Crippen LogP contribution in [-0.2, 0) is 52.7 Å². The number of ether oxygens (including phenoxy) is 3. The molecule has 0 fully saturated rings. The zero-order chi connectivity index (χ0) is 43.3. The normalized spacial score (nSPS) is 14.3. The van der Waals surface area contributed by atoms with Gasteiger partial charge < -0.3 is 39.5 Å². The number of esters is 2. The van der Waals surface area contributed by atoms with Gasteiger partial charge in [-0.25, -0.2) is 4.79 Å². The highest BCUT2D eigenvalue weighted by molar-refractivity contribution is 5.95. The van der Waals surface area contributed by atoms with Gasteiger partial charge in [0, 0.05) is 32.9 Å². The molecule has 0 aliphatic carbocycles. The molecule has 3 N–H and O–H groups in total. The van der Waals surface area contributed by atoms with Crippen LogP contribution in [0.2, 0.25) is 0 Å². The van der Waals surface area contributed by atoms with Crippen molar-refractivity contribution in [1.29, 1.82) is 0 Å². The maximum absolute atomic E-state index is 14.5. The minimum absolute atomic E-state index is 0.00475. The highest BCUT2D eigenvalue weighted by Gasteiger charge is 2.40. The maximum Gasteiger partial charge on any atom is 0.328 e. The van der Waals surface area contributed by atoms with Crippen molar-refractivity contribution in [3.63, 3.8) is 0 Å². The molecule has 3 rings (SSSR count). The third kappa shape index (κ3) is 12.7. The van der Waals surface area contributed by atoms with E-state index in [4.69, 9.17) is 14.2 Å². The standard InChI is InChI=1S/C44H60N4O10/c1-11-28(4)39(58-44(55)36(46(5)6)25-31-16-22-34(56-9)23-17-31)40(51)45-38(27(2)3)42(53)47(7)35(24-29-12-18-32(49)19-13-29)41(52)48(8)37(43(54)57-10)26-30-14-20-33(50)21-15-30/h12-23,27-28,35-39,49-50H,11,24-26H2,1-10H3,(H,45,51)/t28-,35+,36-,37-,38+,39+/m0/s1. The number of hydrogen-bond donors (Lipinski definition) is 3. The van der Waals surface area contributed by atoms with Crippen LogP contribution in [0.5, 0.6) is 17.2 Å². The smallest absolute Gasteiger partial charge is 0.328 e. The molecule has 6 atom stereocenters. The molecule has 0 aliphatic heterocycles. The third-order valence-corrected chi connectivity index (χ3v) is 10.5. The van der Waals surface area contributed by atoms with E-state index < -0.39 is 71.8 Å². The van der Waals surface area contributed by atoms with Crippen molar-refractivity contribution in [2.45, 2.75) is 83.6 Å². The molecule has 0 heterocycles. The van der Waals surface area contributed by atoms with Gasteiger partial charge in [-0.3, -0.25) is 24.1 Å². The minimum atomic E-state index is -1.23. The van der Waals surface area contributed by atoms with Gasteiger partial charge in [0.15, 0.2) is 6.10 Å². The van der Waals surface area contributed by atoms with Crippen LogP contribution in [0.1, 0.15) is 50.8 Å². The summed E-state index contributed by atoms with van der Waals surface area (Å²) in [7, 11) is 9.21. The summed E-state index contributed by atoms with van der Waals surface area (Å²) in [5, 5.41) is 22.6. The number of likely N-dealkylation sites (N-methyl/N-ethyl adjacent to an activating group) is 3. The van der Waals surface area contributed by atoms with Crippen molar-refractivity contribution in [2.24, 2.45) is 11.8 Å². The minimum Gasteiger partial charge on any atom is -0.508 e. The Hall–Kier alpha value is -5.63. The number of nitrogens with zero attached hydrogens (tertiary/aromatic N) is 3. The number of carbonyl (C=O) groups excluding carboxylic acids is 5. The Morgan fingerprint density at radius 3 is 1.52 bits per heavy atom. The number of benzene rings is 3. The van der Waals surface area contributed by atoms with Crippen LogP contribution in [0.15, 0.2) is 72.8 Å². The Kier molecular flexibility index (Phi) is 17.5. The van der Waals surface area contributed by atoms with E-state index in [-0.39, 0.29) is 24.3 Å². The highest BCUT2D eigenvalue weighted by Crippen LogP contribution is 2.22. The molecule has 3 aromatic carbocycles. The topological polar surface area (TPSA) is 175 Å². The predicted octanol–water partition coefficient (Wildman–Crippen LogP) is 3.99. The fraction of sp³-hybridized carbons (Fsp3) is 0.477. The largest absolute Gasteiger partial charge is 0.508 e. The van der Waals surface area contributed by atoms with E-state index in [1.54, 1.807) is 83.3 Å². The molecule has 0 radical (unpaired) electrons. The van der Waals surface area contributed by atoms with Gasteiger partial charge in [-0.1, -0.05) is 64.1 Å². The number of methoxy groups -OCH3 is 2. The van der Waals surface area contributed by atoms with Crippen LogP contribution in [0.3, 0.4) is 0 Å². The molecule has 3 aromatic rings. The molecule has 3 amide bonds. The fourth-order valence-electron chi connectivity index (χ4n) is 6.43. The van der Waals surface area contributed by atoms with Crippen LogP contribution < -0.4 is 10.1 Å². The summed E-state index contributed by atoms with van der Waals surface area (Å²) in [6, 6.07) is 15.6. The van der Waals surface area contributed by atoms with Crippen molar-refractivity contribution in [1.82, 2.24) is 20.0 Å². The van der Waals surface area contributed by atoms with Gasteiger partial charge in [-0.2, -0.15) is 0 Å². The van der Waals surface area contributed by atoms with E-state index in [2.05, 4.69) is 5.32 Å². The Morgan fingerprint density at radius 1 is 0.638 bits per heavy atom. The maximum atomic E-state index is 14.5. The number of aromatic hydroxyl groups is 2. The quantitative estimate of drug-likeness (QED) is 0.141. The molecule has 0 saturated heterocycles. The number of hydrogen-bond acceptors (Lipinski definition) is 11. The van der Waals surface area contributed by atoms with Crippen LogP contribution in [0.4, 0.5) is 0 Å². The molecular formula is C44H60N4O10. The lowest BCUT2D eigenvalue weighted by molar-refractivity contribution is -0.164. The van der Waals surface area contributed by atoms with Crippen molar-refractivity contribution >= 4 is 29.7 Å². The lowest BCUT2D eigenvalue weighted by atomic mass is 9.96. The first-order valence-electron chi connectivity index (χ1n) is 19.4. The van der Waals surface area contributed by atoms with Gasteiger partial charge in [-0.15, -0.1) is 0 Å². The van der Waals surface area contributed by atoms with Crippen molar-refractivity contribution < 1.29 is 48.4 Å². The number of carbonyl (C=O) groups is 5. The van der Waals surface area contributed by atoms with E-state index in [0.29, 0.717) is 29.7 Å². The summed E-state index contributed by atoms with van der Waals surface area (Å²) in [5.74, 6) is -3.22. The SMILES string of the molecule is CC[C@H](C)[C@@H](OC(=O)[C@H](Cc1ccc(OC)cc1)N(C)C)C(=O)N[C@@H](C(=O)N(C)[C@H](Cc1ccc(O)cc1)C(=O)N(C)[C@@H](Cc1ccc(O)cc1)C(=O)OC)C(C)C. The lowest BCUT2D eigenvalue weighted by Crippen LogP contribution is -2.59. The Bertz CT molecular complexity index is 1820. The predicted molar refractivity (Wildman–Crippen MR) is 219 cm³/mol. The first kappa shape index (κ1) is 46.8. The van der Waals surface area contributed by atoms with Crippen LogP contribution in [0.25, 0.3) is 0 Å². The Balaban J connectivity index is 1.92. The molecule has 14 heteroatoms. The molecule has 0 aliphatic rings. The van der Waals surface area contributed by atoms with Crippen LogP contribution >= 0.6 is 0 Å². The summed E-state index contributed by atoms with van der Waals surface area (Å²) in [4.78, 5) is 74.2. The Morgan fingerprint density at radius 2 is 1.09 bits per heavy atom. The van der Waals surface area contributed by atoms with E-state index in [0.717, 1.165) is 5.56 Å². The molecule has 0 unspecified atom stereocenters. The zero-order valence-electron chi connectivity index (χ0n) is 35.3. The van der Waals surface area contributed by atoms with Crippen LogP contribution in [0, 0.1) is 11.8 Å². The first-order chi connectivity index (χ1) is 27.4. The van der Waals surface area contributed by atoms with Gasteiger partial charge in [0.1, 0.15) is 41.4 Å². The van der Waals surface area contributed by atoms with Gasteiger partial charge in [0.2, 0.25) is 11.8 Å². The molecule has 0 saturated carbocycles. The molecular weight excluding hydrogens is 745 g/mol. The third-order valence-electron chi connectivity index (χ3n) is 10.5. The number of nitrogens with one attached hydrogen (secondary N) is 1. The number of phenols is 2. The van der Waals surface area contributed by atoms with E-state index in [1.807, 2.05) is 19.1 Å². The highest BCUT2D eigenvalue weighted by atomic mass is 16.6. The van der Waals surface area contributed by atoms with E-state index >= 15 is 0 Å². The molecule has 0 bridgehead atoms. The van der Waals surface area contributed by atoms with Gasteiger partial charge in [-0.05, 0) is 85.9 Å². The summed E-state index contributed by atoms with van der Waals surface area (Å²) < 4.78 is 16.3. The molecule has 0 aromatic heterocycles.